The van der Waals surface area contributed by atoms with Gasteiger partial charge in [0.05, 0.1) is 20.8 Å². The highest BCUT2D eigenvalue weighted by atomic mass is 16.5. The van der Waals surface area contributed by atoms with Crippen LogP contribution in [0.5, 0.6) is 11.5 Å². The molecule has 2 rings (SSSR count). The van der Waals surface area contributed by atoms with E-state index in [1.165, 1.54) is 0 Å². The van der Waals surface area contributed by atoms with Gasteiger partial charge in [-0.2, -0.15) is 0 Å². The molecule has 0 bridgehead atoms. The van der Waals surface area contributed by atoms with Crippen molar-refractivity contribution in [2.45, 2.75) is 25.8 Å². The first-order chi connectivity index (χ1) is 10.2. The predicted octanol–water partition coefficient (Wildman–Crippen LogP) is 1.98. The molecule has 5 nitrogen and oxygen atoms in total. The van der Waals surface area contributed by atoms with Crippen molar-refractivity contribution in [1.82, 2.24) is 10.2 Å². The lowest BCUT2D eigenvalue weighted by Crippen LogP contribution is -2.36. The minimum atomic E-state index is 0.0752. The standard InChI is InChI=1S/C16H24N2O3/c1-4-17-16(19)11-18-9-5-6-14(18)13-10-12(20-2)7-8-15(13)21-3/h7-8,10,14H,4-6,9,11H2,1-3H3,(H,17,19). The lowest BCUT2D eigenvalue weighted by molar-refractivity contribution is -0.122. The minimum Gasteiger partial charge on any atom is -0.497 e. The number of amides is 1. The maximum atomic E-state index is 11.8. The van der Waals surface area contributed by atoms with E-state index >= 15 is 0 Å². The van der Waals surface area contributed by atoms with Gasteiger partial charge >= 0.3 is 0 Å². The molecule has 1 aromatic carbocycles. The highest BCUT2D eigenvalue weighted by molar-refractivity contribution is 5.78. The molecular formula is C16H24N2O3. The number of carbonyl (C=O) groups is 1. The van der Waals surface area contributed by atoms with Crippen molar-refractivity contribution in [3.8, 4) is 11.5 Å². The van der Waals surface area contributed by atoms with Crippen molar-refractivity contribution < 1.29 is 14.3 Å². The van der Waals surface area contributed by atoms with Crippen LogP contribution in [0.3, 0.4) is 0 Å². The fourth-order valence-corrected chi connectivity index (χ4v) is 2.90. The summed E-state index contributed by atoms with van der Waals surface area (Å²) in [6.07, 6.45) is 2.12. The third-order valence-corrected chi connectivity index (χ3v) is 3.88. The highest BCUT2D eigenvalue weighted by Crippen LogP contribution is 2.38. The van der Waals surface area contributed by atoms with Crippen molar-refractivity contribution in [2.24, 2.45) is 0 Å². The average molecular weight is 292 g/mol. The van der Waals surface area contributed by atoms with Crippen LogP contribution in [0.25, 0.3) is 0 Å². The van der Waals surface area contributed by atoms with Crippen LogP contribution in [0.2, 0.25) is 0 Å². The molecule has 0 saturated carbocycles. The van der Waals surface area contributed by atoms with Gasteiger partial charge in [-0.25, -0.2) is 0 Å². The number of hydrogen-bond acceptors (Lipinski definition) is 4. The Hall–Kier alpha value is -1.75. The number of methoxy groups -OCH3 is 2. The molecule has 1 aliphatic heterocycles. The SMILES string of the molecule is CCNC(=O)CN1CCCC1c1cc(OC)ccc1OC. The molecule has 1 atom stereocenters. The molecule has 0 radical (unpaired) electrons. The monoisotopic (exact) mass is 292 g/mol. The van der Waals surface area contributed by atoms with Gasteiger partial charge in [0.15, 0.2) is 0 Å². The Labute approximate surface area is 126 Å². The van der Waals surface area contributed by atoms with Crippen LogP contribution in [-0.2, 0) is 4.79 Å². The smallest absolute Gasteiger partial charge is 0.234 e. The van der Waals surface area contributed by atoms with Crippen LogP contribution in [0, 0.1) is 0 Å². The summed E-state index contributed by atoms with van der Waals surface area (Å²) in [5.74, 6) is 1.74. The Morgan fingerprint density at radius 2 is 2.19 bits per heavy atom. The molecule has 1 N–H and O–H groups in total. The second kappa shape index (κ2) is 7.31. The van der Waals surface area contributed by atoms with Crippen molar-refractivity contribution in [1.29, 1.82) is 0 Å². The number of ether oxygens (including phenoxy) is 2. The first-order valence-electron chi connectivity index (χ1n) is 7.42. The summed E-state index contributed by atoms with van der Waals surface area (Å²) in [5.41, 5.74) is 1.10. The molecule has 0 spiro atoms. The number of benzene rings is 1. The van der Waals surface area contributed by atoms with E-state index in [2.05, 4.69) is 10.2 Å². The average Bonchev–Trinajstić information content (AvgIpc) is 2.94. The van der Waals surface area contributed by atoms with E-state index in [1.807, 2.05) is 25.1 Å². The summed E-state index contributed by atoms with van der Waals surface area (Å²) < 4.78 is 10.8. The quantitative estimate of drug-likeness (QED) is 0.871. The zero-order valence-corrected chi connectivity index (χ0v) is 13.0. The number of hydrogen-bond donors (Lipinski definition) is 1. The second-order valence-corrected chi connectivity index (χ2v) is 5.19. The van der Waals surface area contributed by atoms with Crippen LogP contribution in [-0.4, -0.2) is 44.7 Å². The summed E-state index contributed by atoms with van der Waals surface area (Å²) in [5, 5.41) is 2.86. The Morgan fingerprint density at radius 1 is 1.38 bits per heavy atom. The maximum absolute atomic E-state index is 11.8. The zero-order valence-electron chi connectivity index (χ0n) is 13.0. The van der Waals surface area contributed by atoms with Crippen molar-refractivity contribution in [3.63, 3.8) is 0 Å². The largest absolute Gasteiger partial charge is 0.497 e. The molecule has 0 aliphatic carbocycles. The maximum Gasteiger partial charge on any atom is 0.234 e. The molecule has 1 unspecified atom stereocenters. The number of rotatable bonds is 6. The van der Waals surface area contributed by atoms with E-state index in [4.69, 9.17) is 9.47 Å². The molecule has 1 saturated heterocycles. The lowest BCUT2D eigenvalue weighted by atomic mass is 10.0. The van der Waals surface area contributed by atoms with E-state index in [0.29, 0.717) is 13.1 Å². The summed E-state index contributed by atoms with van der Waals surface area (Å²) in [6, 6.07) is 6.04. The molecule has 1 aromatic rings. The van der Waals surface area contributed by atoms with E-state index in [0.717, 1.165) is 36.4 Å². The van der Waals surface area contributed by atoms with E-state index in [9.17, 15) is 4.79 Å². The van der Waals surface area contributed by atoms with Gasteiger partial charge in [0, 0.05) is 18.2 Å². The van der Waals surface area contributed by atoms with Gasteiger partial charge in [-0.05, 0) is 44.5 Å². The molecular weight excluding hydrogens is 268 g/mol. The molecule has 1 aliphatic rings. The first-order valence-corrected chi connectivity index (χ1v) is 7.42. The van der Waals surface area contributed by atoms with Gasteiger partial charge in [-0.15, -0.1) is 0 Å². The van der Waals surface area contributed by atoms with Crippen molar-refractivity contribution in [2.75, 3.05) is 33.9 Å². The number of nitrogens with one attached hydrogen (secondary N) is 1. The van der Waals surface area contributed by atoms with E-state index in [1.54, 1.807) is 14.2 Å². The molecule has 21 heavy (non-hydrogen) atoms. The molecule has 1 fully saturated rings. The van der Waals surface area contributed by atoms with Crippen LogP contribution in [0.1, 0.15) is 31.4 Å². The Kier molecular flexibility index (Phi) is 5.44. The number of nitrogens with zero attached hydrogens (tertiary/aromatic N) is 1. The summed E-state index contributed by atoms with van der Waals surface area (Å²) in [6.45, 7) is 3.96. The minimum absolute atomic E-state index is 0.0752. The van der Waals surface area contributed by atoms with Gasteiger partial charge in [0.25, 0.3) is 0 Å². The van der Waals surface area contributed by atoms with Gasteiger partial charge in [0.1, 0.15) is 11.5 Å². The van der Waals surface area contributed by atoms with Crippen LogP contribution >= 0.6 is 0 Å². The lowest BCUT2D eigenvalue weighted by Gasteiger charge is -2.25. The molecule has 0 aromatic heterocycles. The fourth-order valence-electron chi connectivity index (χ4n) is 2.90. The Morgan fingerprint density at radius 3 is 2.86 bits per heavy atom. The third kappa shape index (κ3) is 3.67. The van der Waals surface area contributed by atoms with Gasteiger partial charge in [-0.3, -0.25) is 9.69 Å². The van der Waals surface area contributed by atoms with Gasteiger partial charge in [-0.1, -0.05) is 0 Å². The fraction of sp³-hybridized carbons (Fsp3) is 0.562. The number of likely N-dealkylation sites (N-methyl/N-ethyl adjacent to an activating group) is 1. The van der Waals surface area contributed by atoms with Crippen LogP contribution in [0.4, 0.5) is 0 Å². The van der Waals surface area contributed by atoms with Gasteiger partial charge in [0.2, 0.25) is 5.91 Å². The Bertz CT molecular complexity index is 490. The number of carbonyl (C=O) groups excluding carboxylic acids is 1. The van der Waals surface area contributed by atoms with E-state index < -0.39 is 0 Å². The molecule has 116 valence electrons. The second-order valence-electron chi connectivity index (χ2n) is 5.19. The third-order valence-electron chi connectivity index (χ3n) is 3.88. The summed E-state index contributed by atoms with van der Waals surface area (Å²) in [4.78, 5) is 14.1. The van der Waals surface area contributed by atoms with Crippen LogP contribution < -0.4 is 14.8 Å². The first kappa shape index (κ1) is 15.6. The molecule has 5 heteroatoms. The molecule has 1 amide bonds. The zero-order chi connectivity index (χ0) is 15.2. The van der Waals surface area contributed by atoms with Gasteiger partial charge < -0.3 is 14.8 Å². The summed E-state index contributed by atoms with van der Waals surface area (Å²) >= 11 is 0. The predicted molar refractivity (Wildman–Crippen MR) is 81.8 cm³/mol. The molecule has 1 heterocycles. The normalized spacial score (nSPS) is 18.5. The van der Waals surface area contributed by atoms with Crippen molar-refractivity contribution in [3.05, 3.63) is 23.8 Å². The topological polar surface area (TPSA) is 50.8 Å². The van der Waals surface area contributed by atoms with Crippen molar-refractivity contribution >= 4 is 5.91 Å². The van der Waals surface area contributed by atoms with Crippen LogP contribution in [0.15, 0.2) is 18.2 Å². The highest BCUT2D eigenvalue weighted by Gasteiger charge is 2.29. The summed E-state index contributed by atoms with van der Waals surface area (Å²) in [7, 11) is 3.33. The Balaban J connectivity index is 2.20. The number of likely N-dealkylation sites (tertiary alicyclic amines) is 1. The van der Waals surface area contributed by atoms with E-state index in [-0.39, 0.29) is 11.9 Å².